The number of hydrogen-bond acceptors (Lipinski definition) is 1. The summed E-state index contributed by atoms with van der Waals surface area (Å²) in [6, 6.07) is 56.7. The van der Waals surface area contributed by atoms with E-state index in [1.165, 1.54) is 33.0 Å². The average molecular weight is 626 g/mol. The Kier molecular flexibility index (Phi) is 5.58. The summed E-state index contributed by atoms with van der Waals surface area (Å²) >= 11 is 0. The molecule has 0 aliphatic heterocycles. The molecule has 0 atom stereocenters. The SMILES string of the molecule is [2H]c1c(-c2ccc(-c3c4ccccc4c(-c4ccccc4-c4ccccc4)c4ccccc34)cc2)c([2H])c2oc3c4ccccc4ccc3c2c1[2H]. The summed E-state index contributed by atoms with van der Waals surface area (Å²) in [4.78, 5) is 0. The van der Waals surface area contributed by atoms with Crippen molar-refractivity contribution in [1.82, 2.24) is 0 Å². The molecule has 10 aromatic rings. The van der Waals surface area contributed by atoms with E-state index in [0.29, 0.717) is 27.7 Å². The predicted octanol–water partition coefficient (Wildman–Crippen LogP) is 13.7. The first-order valence-electron chi connectivity index (χ1n) is 18.1. The van der Waals surface area contributed by atoms with E-state index in [0.717, 1.165) is 38.1 Å². The highest BCUT2D eigenvalue weighted by Gasteiger charge is 2.19. The minimum Gasteiger partial charge on any atom is -0.455 e. The quantitative estimate of drug-likeness (QED) is 0.177. The molecule has 1 nitrogen and oxygen atoms in total. The van der Waals surface area contributed by atoms with Gasteiger partial charge in [0.1, 0.15) is 11.2 Å². The van der Waals surface area contributed by atoms with Gasteiger partial charge in [-0.25, -0.2) is 0 Å². The topological polar surface area (TPSA) is 13.1 Å². The van der Waals surface area contributed by atoms with Gasteiger partial charge in [0, 0.05) is 16.2 Å². The lowest BCUT2D eigenvalue weighted by molar-refractivity contribution is 0.673. The number of hydrogen-bond donors (Lipinski definition) is 0. The summed E-state index contributed by atoms with van der Waals surface area (Å²) in [5.41, 5.74) is 9.04. The molecule has 0 amide bonds. The summed E-state index contributed by atoms with van der Waals surface area (Å²) in [6.45, 7) is 0. The highest BCUT2D eigenvalue weighted by Crippen LogP contribution is 2.46. The predicted molar refractivity (Wildman–Crippen MR) is 208 cm³/mol. The van der Waals surface area contributed by atoms with Crippen LogP contribution in [0.5, 0.6) is 0 Å². The first-order valence-corrected chi connectivity index (χ1v) is 16.6. The summed E-state index contributed by atoms with van der Waals surface area (Å²) in [5, 5.41) is 7.89. The summed E-state index contributed by atoms with van der Waals surface area (Å²) < 4.78 is 33.8. The normalized spacial score (nSPS) is 12.5. The van der Waals surface area contributed by atoms with Crippen molar-refractivity contribution in [2.75, 3.05) is 0 Å². The second-order valence-corrected chi connectivity index (χ2v) is 12.5. The van der Waals surface area contributed by atoms with Crippen molar-refractivity contribution in [2.24, 2.45) is 0 Å². The molecule has 1 aromatic heterocycles. The van der Waals surface area contributed by atoms with Crippen LogP contribution in [0.2, 0.25) is 0 Å². The third-order valence-electron chi connectivity index (χ3n) is 9.81. The van der Waals surface area contributed by atoms with Crippen molar-refractivity contribution in [2.45, 2.75) is 0 Å². The molecule has 228 valence electrons. The van der Waals surface area contributed by atoms with E-state index in [4.69, 9.17) is 7.16 Å². The maximum Gasteiger partial charge on any atom is 0.143 e. The van der Waals surface area contributed by atoms with Gasteiger partial charge in [0.05, 0.1) is 4.11 Å². The molecule has 9 aromatic carbocycles. The van der Waals surface area contributed by atoms with E-state index in [1.54, 1.807) is 0 Å². The minimum atomic E-state index is 0.0263. The van der Waals surface area contributed by atoms with Crippen molar-refractivity contribution >= 4 is 54.3 Å². The molecule has 0 N–H and O–H groups in total. The van der Waals surface area contributed by atoms with Crippen LogP contribution in [-0.4, -0.2) is 0 Å². The van der Waals surface area contributed by atoms with Crippen molar-refractivity contribution in [3.05, 3.63) is 182 Å². The fraction of sp³-hybridized carbons (Fsp3) is 0. The highest BCUT2D eigenvalue weighted by molar-refractivity contribution is 6.22. The standard InChI is InChI=1S/C48H30O/c1-2-12-32(13-3-1)36-15-6-7-17-39(36)47-42-20-10-8-18-40(42)46(41-19-9-11-21-43(41)47)34-24-22-31(23-25-34)35-27-28-38-44-29-26-33-14-4-5-16-37(33)48(44)49-45(38)30-35/h1-30H/i27D,28D,30D. The fourth-order valence-electron chi connectivity index (χ4n) is 7.56. The molecule has 0 spiro atoms. The molecule has 0 fully saturated rings. The third kappa shape index (κ3) is 4.40. The monoisotopic (exact) mass is 625 g/mol. The molecule has 10 rings (SSSR count). The van der Waals surface area contributed by atoms with Gasteiger partial charge in [0.2, 0.25) is 0 Å². The van der Waals surface area contributed by atoms with Gasteiger partial charge in [-0.15, -0.1) is 0 Å². The number of rotatable bonds is 4. The molecule has 0 aliphatic carbocycles. The Bertz CT molecular complexity index is 2980. The molecule has 0 radical (unpaired) electrons. The van der Waals surface area contributed by atoms with Crippen LogP contribution in [0.3, 0.4) is 0 Å². The fourth-order valence-corrected chi connectivity index (χ4v) is 7.56. The van der Waals surface area contributed by atoms with Gasteiger partial charge in [-0.3, -0.25) is 0 Å². The van der Waals surface area contributed by atoms with E-state index in [-0.39, 0.29) is 18.1 Å². The maximum atomic E-state index is 9.28. The Morgan fingerprint density at radius 3 is 1.63 bits per heavy atom. The second-order valence-electron chi connectivity index (χ2n) is 12.5. The number of furan rings is 1. The Morgan fingerprint density at radius 2 is 0.918 bits per heavy atom. The van der Waals surface area contributed by atoms with Crippen molar-refractivity contribution < 1.29 is 8.53 Å². The van der Waals surface area contributed by atoms with Crippen LogP contribution in [-0.2, 0) is 0 Å². The summed E-state index contributed by atoms with van der Waals surface area (Å²) in [5.74, 6) is 0. The Labute approximate surface area is 288 Å². The zero-order chi connectivity index (χ0) is 34.9. The Morgan fingerprint density at radius 1 is 0.347 bits per heavy atom. The molecule has 1 heteroatoms. The van der Waals surface area contributed by atoms with Crippen molar-refractivity contribution in [1.29, 1.82) is 0 Å². The first-order chi connectivity index (χ1) is 25.6. The van der Waals surface area contributed by atoms with Gasteiger partial charge in [-0.2, -0.15) is 0 Å². The van der Waals surface area contributed by atoms with E-state index in [2.05, 4.69) is 115 Å². The molecule has 49 heavy (non-hydrogen) atoms. The maximum absolute atomic E-state index is 9.28. The van der Waals surface area contributed by atoms with Crippen LogP contribution in [0, 0.1) is 0 Å². The highest BCUT2D eigenvalue weighted by atomic mass is 16.3. The van der Waals surface area contributed by atoms with Gasteiger partial charge in [-0.05, 0) is 89.6 Å². The molecule has 0 saturated heterocycles. The summed E-state index contributed by atoms with van der Waals surface area (Å²) in [6.07, 6.45) is 0. The molecule has 0 aliphatic rings. The number of fused-ring (bicyclic) bond motifs is 7. The van der Waals surface area contributed by atoms with Gasteiger partial charge < -0.3 is 4.42 Å². The van der Waals surface area contributed by atoms with E-state index >= 15 is 0 Å². The van der Waals surface area contributed by atoms with Gasteiger partial charge in [0.15, 0.2) is 0 Å². The molecule has 1 heterocycles. The molecule has 0 saturated carbocycles. The van der Waals surface area contributed by atoms with E-state index in [9.17, 15) is 1.37 Å². The van der Waals surface area contributed by atoms with Gasteiger partial charge in [-0.1, -0.05) is 164 Å². The van der Waals surface area contributed by atoms with Crippen LogP contribution in [0.25, 0.3) is 98.8 Å². The smallest absolute Gasteiger partial charge is 0.143 e. The van der Waals surface area contributed by atoms with Crippen molar-refractivity contribution in [3.8, 4) is 44.5 Å². The lowest BCUT2D eigenvalue weighted by Crippen LogP contribution is -1.92. The molecular formula is C48H30O. The molecule has 0 bridgehead atoms. The first kappa shape index (κ1) is 24.7. The number of benzene rings is 9. The lowest BCUT2D eigenvalue weighted by atomic mass is 9.83. The van der Waals surface area contributed by atoms with Crippen LogP contribution in [0.4, 0.5) is 0 Å². The summed E-state index contributed by atoms with van der Waals surface area (Å²) in [7, 11) is 0. The third-order valence-corrected chi connectivity index (χ3v) is 9.81. The van der Waals surface area contributed by atoms with Crippen LogP contribution in [0.15, 0.2) is 186 Å². The van der Waals surface area contributed by atoms with Crippen LogP contribution < -0.4 is 0 Å². The van der Waals surface area contributed by atoms with E-state index in [1.807, 2.05) is 48.5 Å². The van der Waals surface area contributed by atoms with Gasteiger partial charge in [0.25, 0.3) is 0 Å². The van der Waals surface area contributed by atoms with E-state index < -0.39 is 0 Å². The lowest BCUT2D eigenvalue weighted by Gasteiger charge is -2.19. The zero-order valence-corrected chi connectivity index (χ0v) is 26.5. The zero-order valence-electron chi connectivity index (χ0n) is 29.5. The average Bonchev–Trinajstić information content (AvgIpc) is 3.61. The Balaban J connectivity index is 1.16. The van der Waals surface area contributed by atoms with Gasteiger partial charge >= 0.3 is 0 Å². The van der Waals surface area contributed by atoms with Crippen LogP contribution in [0.1, 0.15) is 4.11 Å². The second kappa shape index (κ2) is 11.1. The van der Waals surface area contributed by atoms with Crippen LogP contribution >= 0.6 is 0 Å². The van der Waals surface area contributed by atoms with Crippen molar-refractivity contribution in [3.63, 3.8) is 0 Å². The molecular weight excluding hydrogens is 593 g/mol. The largest absolute Gasteiger partial charge is 0.455 e. The molecule has 0 unspecified atom stereocenters. The minimum absolute atomic E-state index is 0.0263. The Hall–Kier alpha value is -6.44.